The van der Waals surface area contributed by atoms with Gasteiger partial charge in [-0.3, -0.25) is 0 Å². The highest BCUT2D eigenvalue weighted by Gasteiger charge is 1.78. The molecule has 2 rings (SSSR count). The van der Waals surface area contributed by atoms with Gasteiger partial charge in [0.05, 0.1) is 6.07 Å². The first-order chi connectivity index (χ1) is 8.93. The van der Waals surface area contributed by atoms with Crippen molar-refractivity contribution in [3.8, 4) is 6.07 Å². The Bertz CT molecular complexity index is 478. The van der Waals surface area contributed by atoms with Gasteiger partial charge in [-0.2, -0.15) is 5.26 Å². The molecule has 0 heterocycles. The molecule has 0 saturated heterocycles. The Labute approximate surface area is 108 Å². The van der Waals surface area contributed by atoms with E-state index >= 15 is 0 Å². The van der Waals surface area contributed by atoms with E-state index in [4.69, 9.17) is 5.26 Å². The number of nitriles is 1. The number of benzene rings is 2. The van der Waals surface area contributed by atoms with Crippen LogP contribution in [0.3, 0.4) is 0 Å². The maximum atomic E-state index is 8.19. The topological polar surface area (TPSA) is 23.8 Å². The van der Waals surface area contributed by atoms with Gasteiger partial charge in [0.25, 0.3) is 0 Å². The lowest BCUT2D eigenvalue weighted by Gasteiger charge is -1.87. The van der Waals surface area contributed by atoms with E-state index in [0.29, 0.717) is 0 Å². The second-order valence-electron chi connectivity index (χ2n) is 3.41. The first kappa shape index (κ1) is 13.5. The second-order valence-corrected chi connectivity index (χ2v) is 3.41. The molecule has 0 N–H and O–H groups in total. The van der Waals surface area contributed by atoms with Crippen LogP contribution in [0.5, 0.6) is 0 Å². The fourth-order valence-corrected chi connectivity index (χ4v) is 1.21. The second kappa shape index (κ2) is 9.62. The van der Waals surface area contributed by atoms with Crippen LogP contribution in [0.1, 0.15) is 5.56 Å². The minimum Gasteiger partial charge on any atom is -0.193 e. The van der Waals surface area contributed by atoms with E-state index in [0.717, 1.165) is 5.56 Å². The van der Waals surface area contributed by atoms with E-state index in [9.17, 15) is 0 Å². The maximum Gasteiger partial charge on any atom is 0.0912 e. The SMILES string of the molecule is N#CC=CC=Cc1ccccc1.c1ccccc1. The van der Waals surface area contributed by atoms with Crippen LogP contribution in [0.4, 0.5) is 0 Å². The molecule has 0 spiro atoms. The van der Waals surface area contributed by atoms with Crippen molar-refractivity contribution in [2.45, 2.75) is 0 Å². The van der Waals surface area contributed by atoms with Crippen molar-refractivity contribution in [2.75, 3.05) is 0 Å². The molecule has 0 aromatic heterocycles. The largest absolute Gasteiger partial charge is 0.193 e. The Morgan fingerprint density at radius 3 is 1.72 bits per heavy atom. The summed E-state index contributed by atoms with van der Waals surface area (Å²) in [6.45, 7) is 0. The highest BCUT2D eigenvalue weighted by molar-refractivity contribution is 5.50. The van der Waals surface area contributed by atoms with Crippen LogP contribution < -0.4 is 0 Å². The van der Waals surface area contributed by atoms with Crippen molar-refractivity contribution in [3.63, 3.8) is 0 Å². The summed E-state index contributed by atoms with van der Waals surface area (Å²) in [5, 5.41) is 8.19. The molecule has 0 aliphatic carbocycles. The van der Waals surface area contributed by atoms with Gasteiger partial charge in [0.2, 0.25) is 0 Å². The molecule has 0 unspecified atom stereocenters. The fraction of sp³-hybridized carbons (Fsp3) is 0. The van der Waals surface area contributed by atoms with Crippen molar-refractivity contribution >= 4 is 6.08 Å². The van der Waals surface area contributed by atoms with Gasteiger partial charge in [0.15, 0.2) is 0 Å². The number of rotatable bonds is 2. The molecule has 2 aromatic rings. The molecule has 0 fully saturated rings. The van der Waals surface area contributed by atoms with E-state index in [1.807, 2.05) is 85.0 Å². The van der Waals surface area contributed by atoms with Crippen molar-refractivity contribution in [3.05, 3.63) is 90.5 Å². The van der Waals surface area contributed by atoms with Gasteiger partial charge >= 0.3 is 0 Å². The normalized spacial score (nSPS) is 9.72. The number of hydrogen-bond donors (Lipinski definition) is 0. The van der Waals surface area contributed by atoms with Gasteiger partial charge in [-0.15, -0.1) is 0 Å². The molecule has 0 bridgehead atoms. The lowest BCUT2D eigenvalue weighted by molar-refractivity contribution is 1.53. The summed E-state index contributed by atoms with van der Waals surface area (Å²) in [4.78, 5) is 0. The molecule has 0 amide bonds. The van der Waals surface area contributed by atoms with Crippen molar-refractivity contribution < 1.29 is 0 Å². The zero-order valence-electron chi connectivity index (χ0n) is 10.1. The summed E-state index contributed by atoms with van der Waals surface area (Å²) in [5.41, 5.74) is 1.14. The summed E-state index contributed by atoms with van der Waals surface area (Å²) in [6, 6.07) is 23.9. The lowest BCUT2D eigenvalue weighted by atomic mass is 10.2. The first-order valence-corrected chi connectivity index (χ1v) is 5.71. The van der Waals surface area contributed by atoms with Crippen LogP contribution in [0.25, 0.3) is 6.08 Å². The molecule has 1 heteroatoms. The Morgan fingerprint density at radius 2 is 1.22 bits per heavy atom. The van der Waals surface area contributed by atoms with Crippen molar-refractivity contribution in [1.82, 2.24) is 0 Å². The van der Waals surface area contributed by atoms with Gasteiger partial charge in [-0.25, -0.2) is 0 Å². The van der Waals surface area contributed by atoms with Gasteiger partial charge in [0, 0.05) is 6.08 Å². The molecule has 88 valence electrons. The highest BCUT2D eigenvalue weighted by Crippen LogP contribution is 2.00. The molecule has 1 nitrogen and oxygen atoms in total. The van der Waals surface area contributed by atoms with E-state index in [2.05, 4.69) is 0 Å². The van der Waals surface area contributed by atoms with Crippen molar-refractivity contribution in [1.29, 1.82) is 5.26 Å². The van der Waals surface area contributed by atoms with Gasteiger partial charge in [0.1, 0.15) is 0 Å². The molecule has 2 aromatic carbocycles. The van der Waals surface area contributed by atoms with E-state index < -0.39 is 0 Å². The molecule has 18 heavy (non-hydrogen) atoms. The predicted octanol–water partition coefficient (Wildman–Crippen LogP) is 4.47. The Kier molecular flexibility index (Phi) is 7.20. The van der Waals surface area contributed by atoms with E-state index in [1.54, 1.807) is 6.08 Å². The number of nitrogens with zero attached hydrogens (tertiary/aromatic N) is 1. The summed E-state index contributed by atoms with van der Waals surface area (Å²) in [6.07, 6.45) is 6.96. The number of allylic oxidation sites excluding steroid dienone is 3. The third-order valence-corrected chi connectivity index (χ3v) is 2.04. The van der Waals surface area contributed by atoms with Crippen LogP contribution in [0.2, 0.25) is 0 Å². The minimum absolute atomic E-state index is 1.14. The zero-order valence-corrected chi connectivity index (χ0v) is 10.1. The Hall–Kier alpha value is -2.59. The van der Waals surface area contributed by atoms with Crippen LogP contribution >= 0.6 is 0 Å². The molecule has 0 atom stereocenters. The molecular formula is C17H15N. The molecule has 0 aliphatic heterocycles. The standard InChI is InChI=1S/C11H9N.C6H6/c12-10-6-2-5-9-11-7-3-1-4-8-11;1-2-4-6-5-3-1/h1-9H;1-6H. The molecular weight excluding hydrogens is 218 g/mol. The first-order valence-electron chi connectivity index (χ1n) is 5.71. The van der Waals surface area contributed by atoms with E-state index in [-0.39, 0.29) is 0 Å². The van der Waals surface area contributed by atoms with E-state index in [1.165, 1.54) is 6.08 Å². The third-order valence-electron chi connectivity index (χ3n) is 2.04. The van der Waals surface area contributed by atoms with Crippen LogP contribution in [-0.4, -0.2) is 0 Å². The summed E-state index contributed by atoms with van der Waals surface area (Å²) < 4.78 is 0. The molecule has 0 aliphatic rings. The van der Waals surface area contributed by atoms with Crippen LogP contribution in [0, 0.1) is 11.3 Å². The quantitative estimate of drug-likeness (QED) is 0.554. The Balaban J connectivity index is 0.000000225. The summed E-state index contributed by atoms with van der Waals surface area (Å²) in [5.74, 6) is 0. The summed E-state index contributed by atoms with van der Waals surface area (Å²) in [7, 11) is 0. The monoisotopic (exact) mass is 233 g/mol. The average molecular weight is 233 g/mol. The lowest BCUT2D eigenvalue weighted by Crippen LogP contribution is -1.66. The van der Waals surface area contributed by atoms with Crippen LogP contribution in [-0.2, 0) is 0 Å². The molecule has 0 saturated carbocycles. The smallest absolute Gasteiger partial charge is 0.0912 e. The van der Waals surface area contributed by atoms with Gasteiger partial charge in [-0.05, 0) is 5.56 Å². The average Bonchev–Trinajstić information content (AvgIpc) is 2.47. The fourth-order valence-electron chi connectivity index (χ4n) is 1.21. The highest BCUT2D eigenvalue weighted by atomic mass is 14.2. The van der Waals surface area contributed by atoms with Gasteiger partial charge in [-0.1, -0.05) is 85.0 Å². The number of hydrogen-bond acceptors (Lipinski definition) is 1. The third kappa shape index (κ3) is 6.81. The van der Waals surface area contributed by atoms with Gasteiger partial charge < -0.3 is 0 Å². The summed E-state index contributed by atoms with van der Waals surface area (Å²) >= 11 is 0. The Morgan fingerprint density at radius 1 is 0.722 bits per heavy atom. The molecule has 0 radical (unpaired) electrons. The predicted molar refractivity (Wildman–Crippen MR) is 76.7 cm³/mol. The van der Waals surface area contributed by atoms with Crippen molar-refractivity contribution in [2.24, 2.45) is 0 Å². The minimum atomic E-state index is 1.14. The maximum absolute atomic E-state index is 8.19. The van der Waals surface area contributed by atoms with Crippen LogP contribution in [0.15, 0.2) is 85.0 Å². The zero-order chi connectivity index (χ0) is 12.9.